The summed E-state index contributed by atoms with van der Waals surface area (Å²) < 4.78 is 5.71. The molecule has 1 saturated carbocycles. The number of esters is 1. The third kappa shape index (κ3) is 2.79. The Labute approximate surface area is 151 Å². The minimum absolute atomic E-state index is 0.293. The van der Waals surface area contributed by atoms with Gasteiger partial charge in [0.05, 0.1) is 22.7 Å². The lowest BCUT2D eigenvalue weighted by atomic mass is 9.91. The molecule has 2 aromatic rings. The second-order valence-electron chi connectivity index (χ2n) is 6.69. The SMILES string of the molecule is O=C(O[C@@H]1CCCC[C@H]1N1C(=O)c2ccccc2C1=O)c1ccccc1. The van der Waals surface area contributed by atoms with E-state index in [9.17, 15) is 14.4 Å². The highest BCUT2D eigenvalue weighted by atomic mass is 16.5. The first-order valence-corrected chi connectivity index (χ1v) is 8.90. The van der Waals surface area contributed by atoms with Crippen LogP contribution in [-0.2, 0) is 4.74 Å². The van der Waals surface area contributed by atoms with Gasteiger partial charge in [-0.3, -0.25) is 14.5 Å². The summed E-state index contributed by atoms with van der Waals surface area (Å²) in [5.74, 6) is -1.00. The Morgan fingerprint density at radius 3 is 2.08 bits per heavy atom. The van der Waals surface area contributed by atoms with E-state index in [0.29, 0.717) is 29.5 Å². The summed E-state index contributed by atoms with van der Waals surface area (Å²) in [6.07, 6.45) is 2.64. The number of hydrogen-bond donors (Lipinski definition) is 0. The zero-order valence-corrected chi connectivity index (χ0v) is 14.3. The standard InChI is InChI=1S/C21H19NO4/c23-19-15-10-4-5-11-16(15)20(24)22(19)17-12-6-7-13-18(17)26-21(25)14-8-2-1-3-9-14/h1-5,8-11,17-18H,6-7,12-13H2/t17-,18-/m1/s1. The lowest BCUT2D eigenvalue weighted by molar-refractivity contribution is -0.0103. The molecule has 132 valence electrons. The summed E-state index contributed by atoms with van der Waals surface area (Å²) in [7, 11) is 0. The van der Waals surface area contributed by atoms with Gasteiger partial charge in [0.1, 0.15) is 6.10 Å². The van der Waals surface area contributed by atoms with Crippen LogP contribution in [0.4, 0.5) is 0 Å². The topological polar surface area (TPSA) is 63.7 Å². The number of ether oxygens (including phenoxy) is 1. The largest absolute Gasteiger partial charge is 0.457 e. The first-order chi connectivity index (χ1) is 12.7. The Bertz CT molecular complexity index is 826. The lowest BCUT2D eigenvalue weighted by Gasteiger charge is -2.36. The van der Waals surface area contributed by atoms with Crippen molar-refractivity contribution in [3.05, 3.63) is 71.3 Å². The fraction of sp³-hybridized carbons (Fsp3) is 0.286. The number of fused-ring (bicyclic) bond motifs is 1. The highest BCUT2D eigenvalue weighted by Gasteiger charge is 2.44. The van der Waals surface area contributed by atoms with E-state index in [-0.39, 0.29) is 11.8 Å². The highest BCUT2D eigenvalue weighted by Crippen LogP contribution is 2.32. The molecule has 1 fully saturated rings. The Balaban J connectivity index is 1.58. The van der Waals surface area contributed by atoms with Gasteiger partial charge < -0.3 is 4.74 Å². The average molecular weight is 349 g/mol. The second-order valence-corrected chi connectivity index (χ2v) is 6.69. The van der Waals surface area contributed by atoms with Crippen LogP contribution in [0, 0.1) is 0 Å². The molecule has 5 nitrogen and oxygen atoms in total. The zero-order chi connectivity index (χ0) is 18.1. The Kier molecular flexibility index (Phi) is 4.29. The monoisotopic (exact) mass is 349 g/mol. The Morgan fingerprint density at radius 1 is 0.846 bits per heavy atom. The minimum atomic E-state index is -0.473. The van der Waals surface area contributed by atoms with Gasteiger partial charge in [-0.05, 0) is 43.5 Å². The van der Waals surface area contributed by atoms with Gasteiger partial charge in [-0.15, -0.1) is 0 Å². The number of imide groups is 1. The normalized spacial score (nSPS) is 22.2. The number of hydrogen-bond acceptors (Lipinski definition) is 4. The molecule has 2 aliphatic rings. The second kappa shape index (κ2) is 6.75. The van der Waals surface area contributed by atoms with Crippen LogP contribution in [-0.4, -0.2) is 34.8 Å². The molecule has 2 atom stereocenters. The van der Waals surface area contributed by atoms with Gasteiger partial charge in [0.25, 0.3) is 11.8 Å². The molecular formula is C21H19NO4. The molecule has 0 saturated heterocycles. The quantitative estimate of drug-likeness (QED) is 0.629. The molecule has 5 heteroatoms. The summed E-state index contributed by atoms with van der Waals surface area (Å²) in [6.45, 7) is 0. The molecule has 0 N–H and O–H groups in total. The van der Waals surface area contributed by atoms with Crippen LogP contribution in [0.2, 0.25) is 0 Å². The molecule has 0 unspecified atom stereocenters. The van der Waals surface area contributed by atoms with Gasteiger partial charge in [0.2, 0.25) is 0 Å². The van der Waals surface area contributed by atoms with Crippen LogP contribution in [0.5, 0.6) is 0 Å². The van der Waals surface area contributed by atoms with E-state index >= 15 is 0 Å². The first-order valence-electron chi connectivity index (χ1n) is 8.90. The van der Waals surface area contributed by atoms with Gasteiger partial charge in [-0.2, -0.15) is 0 Å². The van der Waals surface area contributed by atoms with Crippen LogP contribution >= 0.6 is 0 Å². The molecule has 0 radical (unpaired) electrons. The fourth-order valence-electron chi connectivity index (χ4n) is 3.80. The number of carbonyl (C=O) groups excluding carboxylic acids is 3. The van der Waals surface area contributed by atoms with Crippen LogP contribution < -0.4 is 0 Å². The summed E-state index contributed by atoms with van der Waals surface area (Å²) in [5.41, 5.74) is 1.33. The van der Waals surface area contributed by atoms with E-state index in [1.165, 1.54) is 4.90 Å². The molecule has 0 spiro atoms. The predicted octanol–water partition coefficient (Wildman–Crippen LogP) is 3.45. The zero-order valence-electron chi connectivity index (χ0n) is 14.3. The van der Waals surface area contributed by atoms with E-state index in [0.717, 1.165) is 12.8 Å². The molecule has 4 rings (SSSR count). The number of amides is 2. The number of benzene rings is 2. The van der Waals surface area contributed by atoms with Crippen molar-refractivity contribution in [2.75, 3.05) is 0 Å². The van der Waals surface area contributed by atoms with Crippen molar-refractivity contribution >= 4 is 17.8 Å². The molecule has 1 heterocycles. The summed E-state index contributed by atoms with van der Waals surface area (Å²) >= 11 is 0. The van der Waals surface area contributed by atoms with E-state index in [1.807, 2.05) is 6.07 Å². The molecule has 26 heavy (non-hydrogen) atoms. The Hall–Kier alpha value is -2.95. The van der Waals surface area contributed by atoms with Crippen molar-refractivity contribution in [3.8, 4) is 0 Å². The van der Waals surface area contributed by atoms with E-state index in [2.05, 4.69) is 0 Å². The molecular weight excluding hydrogens is 330 g/mol. The molecule has 2 amide bonds. The smallest absolute Gasteiger partial charge is 0.338 e. The first kappa shape index (κ1) is 16.5. The molecule has 1 aliphatic heterocycles. The third-order valence-corrected chi connectivity index (χ3v) is 5.09. The maximum Gasteiger partial charge on any atom is 0.338 e. The van der Waals surface area contributed by atoms with Crippen molar-refractivity contribution in [2.45, 2.75) is 37.8 Å². The lowest BCUT2D eigenvalue weighted by Crippen LogP contribution is -2.49. The molecule has 0 bridgehead atoms. The van der Waals surface area contributed by atoms with E-state index < -0.39 is 18.1 Å². The van der Waals surface area contributed by atoms with Gasteiger partial charge in [0.15, 0.2) is 0 Å². The number of rotatable bonds is 3. The summed E-state index contributed by atoms with van der Waals surface area (Å²) in [4.78, 5) is 39.3. The molecule has 1 aliphatic carbocycles. The van der Waals surface area contributed by atoms with E-state index in [4.69, 9.17) is 4.74 Å². The van der Waals surface area contributed by atoms with Crippen LogP contribution in [0.1, 0.15) is 56.8 Å². The van der Waals surface area contributed by atoms with Crippen LogP contribution in [0.3, 0.4) is 0 Å². The number of carbonyl (C=O) groups is 3. The van der Waals surface area contributed by atoms with Crippen molar-refractivity contribution in [1.29, 1.82) is 0 Å². The van der Waals surface area contributed by atoms with Crippen molar-refractivity contribution in [1.82, 2.24) is 4.90 Å². The predicted molar refractivity (Wildman–Crippen MR) is 94.8 cm³/mol. The van der Waals surface area contributed by atoms with Crippen molar-refractivity contribution < 1.29 is 19.1 Å². The van der Waals surface area contributed by atoms with Gasteiger partial charge in [-0.25, -0.2) is 4.79 Å². The van der Waals surface area contributed by atoms with Gasteiger partial charge in [0, 0.05) is 0 Å². The minimum Gasteiger partial charge on any atom is -0.457 e. The summed E-state index contributed by atoms with van der Waals surface area (Å²) in [6, 6.07) is 15.2. The maximum absolute atomic E-state index is 12.8. The van der Waals surface area contributed by atoms with E-state index in [1.54, 1.807) is 48.5 Å². The van der Waals surface area contributed by atoms with Crippen LogP contribution in [0.25, 0.3) is 0 Å². The number of nitrogens with zero attached hydrogens (tertiary/aromatic N) is 1. The van der Waals surface area contributed by atoms with Gasteiger partial charge in [-0.1, -0.05) is 36.8 Å². The maximum atomic E-state index is 12.8. The fourth-order valence-corrected chi connectivity index (χ4v) is 3.80. The Morgan fingerprint density at radius 2 is 1.42 bits per heavy atom. The molecule has 2 aromatic carbocycles. The van der Waals surface area contributed by atoms with Crippen LogP contribution in [0.15, 0.2) is 54.6 Å². The molecule has 0 aromatic heterocycles. The van der Waals surface area contributed by atoms with Gasteiger partial charge >= 0.3 is 5.97 Å². The summed E-state index contributed by atoms with van der Waals surface area (Å²) in [5, 5.41) is 0. The third-order valence-electron chi connectivity index (χ3n) is 5.09. The van der Waals surface area contributed by atoms with Crippen molar-refractivity contribution in [2.24, 2.45) is 0 Å². The average Bonchev–Trinajstić information content (AvgIpc) is 2.94. The van der Waals surface area contributed by atoms with Crippen molar-refractivity contribution in [3.63, 3.8) is 0 Å². The highest BCUT2D eigenvalue weighted by molar-refractivity contribution is 6.21.